The highest BCUT2D eigenvalue weighted by molar-refractivity contribution is 6.06. The SMILES string of the molecule is Cn1ncc2c(C(=O)NC3CCCCCC3)cc(-c3ccccc3F)nc21. The number of halogens is 1. The minimum atomic E-state index is -0.360. The van der Waals surface area contributed by atoms with Gasteiger partial charge in [0, 0.05) is 18.7 Å². The zero-order chi connectivity index (χ0) is 18.8. The summed E-state index contributed by atoms with van der Waals surface area (Å²) < 4.78 is 15.9. The fraction of sp³-hybridized carbons (Fsp3) is 0.381. The number of nitrogens with one attached hydrogen (secondary N) is 1. The van der Waals surface area contributed by atoms with Crippen molar-refractivity contribution in [2.45, 2.75) is 44.6 Å². The van der Waals surface area contributed by atoms with Gasteiger partial charge in [-0.1, -0.05) is 37.8 Å². The van der Waals surface area contributed by atoms with Crippen molar-refractivity contribution in [2.75, 3.05) is 0 Å². The highest BCUT2D eigenvalue weighted by atomic mass is 19.1. The summed E-state index contributed by atoms with van der Waals surface area (Å²) in [6.45, 7) is 0. The van der Waals surface area contributed by atoms with Crippen LogP contribution in [-0.2, 0) is 7.05 Å². The molecule has 5 nitrogen and oxygen atoms in total. The summed E-state index contributed by atoms with van der Waals surface area (Å²) in [5.41, 5.74) is 1.89. The first-order valence-electron chi connectivity index (χ1n) is 9.52. The molecule has 0 radical (unpaired) electrons. The van der Waals surface area contributed by atoms with Gasteiger partial charge in [-0.3, -0.25) is 9.48 Å². The summed E-state index contributed by atoms with van der Waals surface area (Å²) in [7, 11) is 1.77. The van der Waals surface area contributed by atoms with Gasteiger partial charge in [-0.15, -0.1) is 0 Å². The van der Waals surface area contributed by atoms with E-state index in [1.165, 1.54) is 18.9 Å². The number of hydrogen-bond acceptors (Lipinski definition) is 3. The number of rotatable bonds is 3. The molecule has 1 fully saturated rings. The van der Waals surface area contributed by atoms with Gasteiger partial charge in [0.2, 0.25) is 0 Å². The third kappa shape index (κ3) is 3.56. The van der Waals surface area contributed by atoms with E-state index in [-0.39, 0.29) is 17.8 Å². The van der Waals surface area contributed by atoms with Crippen LogP contribution in [0.15, 0.2) is 36.5 Å². The number of nitrogens with zero attached hydrogens (tertiary/aromatic N) is 3. The molecule has 0 saturated heterocycles. The van der Waals surface area contributed by atoms with Gasteiger partial charge in [0.25, 0.3) is 5.91 Å². The van der Waals surface area contributed by atoms with Crippen molar-refractivity contribution < 1.29 is 9.18 Å². The molecule has 0 unspecified atom stereocenters. The van der Waals surface area contributed by atoms with Crippen LogP contribution in [0.2, 0.25) is 0 Å². The van der Waals surface area contributed by atoms with E-state index in [4.69, 9.17) is 0 Å². The second-order valence-corrected chi connectivity index (χ2v) is 7.20. The maximum absolute atomic E-state index is 14.3. The molecule has 0 atom stereocenters. The van der Waals surface area contributed by atoms with Crippen LogP contribution in [0.3, 0.4) is 0 Å². The van der Waals surface area contributed by atoms with Crippen LogP contribution in [0, 0.1) is 5.82 Å². The molecule has 1 aliphatic rings. The third-order valence-electron chi connectivity index (χ3n) is 5.29. The fourth-order valence-corrected chi connectivity index (χ4v) is 3.80. The molecule has 1 aromatic carbocycles. The lowest BCUT2D eigenvalue weighted by Crippen LogP contribution is -2.34. The number of pyridine rings is 1. The molecule has 0 aliphatic heterocycles. The van der Waals surface area contributed by atoms with E-state index in [1.807, 2.05) is 0 Å². The molecule has 1 aliphatic carbocycles. The van der Waals surface area contributed by atoms with Gasteiger partial charge in [-0.25, -0.2) is 9.37 Å². The molecular formula is C21H23FN4O. The summed E-state index contributed by atoms with van der Waals surface area (Å²) in [6.07, 6.45) is 8.40. The maximum Gasteiger partial charge on any atom is 0.252 e. The highest BCUT2D eigenvalue weighted by Crippen LogP contribution is 2.27. The number of carbonyl (C=O) groups excluding carboxylic acids is 1. The lowest BCUT2D eigenvalue weighted by Gasteiger charge is -2.17. The fourth-order valence-electron chi connectivity index (χ4n) is 3.80. The van der Waals surface area contributed by atoms with Gasteiger partial charge in [0.15, 0.2) is 5.65 Å². The molecule has 2 aromatic heterocycles. The van der Waals surface area contributed by atoms with Crippen LogP contribution in [0.4, 0.5) is 4.39 Å². The van der Waals surface area contributed by atoms with E-state index in [9.17, 15) is 9.18 Å². The van der Waals surface area contributed by atoms with Gasteiger partial charge in [0.1, 0.15) is 5.82 Å². The number of hydrogen-bond donors (Lipinski definition) is 1. The number of aryl methyl sites for hydroxylation is 1. The van der Waals surface area contributed by atoms with Crippen LogP contribution >= 0.6 is 0 Å². The smallest absolute Gasteiger partial charge is 0.252 e. The zero-order valence-corrected chi connectivity index (χ0v) is 15.4. The molecule has 0 bridgehead atoms. The Kier molecular flexibility index (Phi) is 4.88. The lowest BCUT2D eigenvalue weighted by atomic mass is 10.0. The average Bonchev–Trinajstić information content (AvgIpc) is 2.87. The minimum absolute atomic E-state index is 0.139. The Morgan fingerprint density at radius 1 is 1.19 bits per heavy atom. The van der Waals surface area contributed by atoms with Crippen LogP contribution < -0.4 is 5.32 Å². The van der Waals surface area contributed by atoms with Crippen molar-refractivity contribution in [2.24, 2.45) is 7.05 Å². The molecule has 1 amide bonds. The van der Waals surface area contributed by atoms with Crippen molar-refractivity contribution in [3.8, 4) is 11.3 Å². The van der Waals surface area contributed by atoms with E-state index in [1.54, 1.807) is 42.2 Å². The molecule has 2 heterocycles. The van der Waals surface area contributed by atoms with E-state index in [0.717, 1.165) is 25.7 Å². The molecule has 6 heteroatoms. The summed E-state index contributed by atoms with van der Waals surface area (Å²) in [4.78, 5) is 17.6. The number of carbonyl (C=O) groups is 1. The summed E-state index contributed by atoms with van der Waals surface area (Å²) in [6, 6.07) is 8.34. The average molecular weight is 366 g/mol. The quantitative estimate of drug-likeness (QED) is 0.706. The highest BCUT2D eigenvalue weighted by Gasteiger charge is 2.21. The monoisotopic (exact) mass is 366 g/mol. The Hall–Kier alpha value is -2.76. The van der Waals surface area contributed by atoms with Gasteiger partial charge in [-0.05, 0) is 31.0 Å². The predicted octanol–water partition coefficient (Wildman–Crippen LogP) is 4.23. The van der Waals surface area contributed by atoms with Crippen molar-refractivity contribution >= 4 is 16.9 Å². The Morgan fingerprint density at radius 3 is 2.67 bits per heavy atom. The number of aromatic nitrogens is 3. The van der Waals surface area contributed by atoms with Crippen LogP contribution in [0.25, 0.3) is 22.3 Å². The molecule has 0 spiro atoms. The molecule has 140 valence electrons. The Morgan fingerprint density at radius 2 is 1.93 bits per heavy atom. The van der Waals surface area contributed by atoms with Crippen LogP contribution in [0.1, 0.15) is 48.9 Å². The second-order valence-electron chi connectivity index (χ2n) is 7.20. The Labute approximate surface area is 157 Å². The maximum atomic E-state index is 14.3. The lowest BCUT2D eigenvalue weighted by molar-refractivity contribution is 0.0935. The van der Waals surface area contributed by atoms with Gasteiger partial charge >= 0.3 is 0 Å². The molecule has 3 aromatic rings. The molecular weight excluding hydrogens is 343 g/mol. The first kappa shape index (κ1) is 17.6. The zero-order valence-electron chi connectivity index (χ0n) is 15.4. The second kappa shape index (κ2) is 7.47. The van der Waals surface area contributed by atoms with Crippen molar-refractivity contribution in [1.29, 1.82) is 0 Å². The van der Waals surface area contributed by atoms with Gasteiger partial charge in [-0.2, -0.15) is 5.10 Å². The van der Waals surface area contributed by atoms with E-state index >= 15 is 0 Å². The Bertz CT molecular complexity index is 973. The molecule has 4 rings (SSSR count). The van der Waals surface area contributed by atoms with E-state index < -0.39 is 0 Å². The van der Waals surface area contributed by atoms with Gasteiger partial charge in [0.05, 0.1) is 22.8 Å². The predicted molar refractivity (Wildman–Crippen MR) is 103 cm³/mol. The largest absolute Gasteiger partial charge is 0.349 e. The first-order valence-corrected chi connectivity index (χ1v) is 9.52. The van der Waals surface area contributed by atoms with Crippen molar-refractivity contribution in [3.63, 3.8) is 0 Å². The summed E-state index contributed by atoms with van der Waals surface area (Å²) in [5, 5.41) is 8.09. The van der Waals surface area contributed by atoms with E-state index in [2.05, 4.69) is 15.4 Å². The number of benzene rings is 1. The van der Waals surface area contributed by atoms with Gasteiger partial charge < -0.3 is 5.32 Å². The molecule has 1 N–H and O–H groups in total. The molecule has 1 saturated carbocycles. The number of fused-ring (bicyclic) bond motifs is 1. The Balaban J connectivity index is 1.75. The molecule has 27 heavy (non-hydrogen) atoms. The summed E-state index contributed by atoms with van der Waals surface area (Å²) >= 11 is 0. The van der Waals surface area contributed by atoms with E-state index in [0.29, 0.717) is 27.9 Å². The topological polar surface area (TPSA) is 59.8 Å². The first-order chi connectivity index (χ1) is 13.1. The van der Waals surface area contributed by atoms with Crippen molar-refractivity contribution in [3.05, 3.63) is 47.9 Å². The van der Waals surface area contributed by atoms with Crippen LogP contribution in [-0.4, -0.2) is 26.7 Å². The summed E-state index contributed by atoms with van der Waals surface area (Å²) in [5.74, 6) is -0.499. The normalized spacial score (nSPS) is 15.6. The standard InChI is InChI=1S/C21H23FN4O/c1-26-20-17(13-23-26)16(21(27)24-14-8-4-2-3-5-9-14)12-19(25-20)15-10-6-7-11-18(15)22/h6-7,10-14H,2-5,8-9H2,1H3,(H,24,27). The third-order valence-corrected chi connectivity index (χ3v) is 5.29. The van der Waals surface area contributed by atoms with Crippen molar-refractivity contribution in [1.82, 2.24) is 20.1 Å². The number of amides is 1. The minimum Gasteiger partial charge on any atom is -0.349 e. The van der Waals surface area contributed by atoms with Crippen LogP contribution in [0.5, 0.6) is 0 Å².